The highest BCUT2D eigenvalue weighted by molar-refractivity contribution is 7.07. The van der Waals surface area contributed by atoms with E-state index in [0.29, 0.717) is 31.6 Å². The van der Waals surface area contributed by atoms with Crippen molar-refractivity contribution in [3.63, 3.8) is 0 Å². The zero-order chi connectivity index (χ0) is 16.1. The zero-order valence-corrected chi connectivity index (χ0v) is 13.2. The van der Waals surface area contributed by atoms with Crippen molar-refractivity contribution in [1.82, 2.24) is 14.8 Å². The number of aliphatic carboxylic acids is 1. The second-order valence-electron chi connectivity index (χ2n) is 5.29. The molecule has 0 aromatic carbocycles. The highest BCUT2D eigenvalue weighted by Gasteiger charge is 2.28. The smallest absolute Gasteiger partial charge is 0.323 e. The van der Waals surface area contributed by atoms with Crippen LogP contribution in [0.25, 0.3) is 0 Å². The first-order valence-corrected chi connectivity index (χ1v) is 8.09. The van der Waals surface area contributed by atoms with Gasteiger partial charge in [-0.15, -0.1) is 11.3 Å². The van der Waals surface area contributed by atoms with E-state index in [4.69, 9.17) is 5.11 Å². The Labute approximate surface area is 132 Å². The third-order valence-corrected chi connectivity index (χ3v) is 4.37. The maximum Gasteiger partial charge on any atom is 0.323 e. The summed E-state index contributed by atoms with van der Waals surface area (Å²) in [4.78, 5) is 42.0. The number of carbonyl (C=O) groups is 3. The third-order valence-electron chi connectivity index (χ3n) is 3.79. The molecule has 0 bridgehead atoms. The van der Waals surface area contributed by atoms with Crippen molar-refractivity contribution in [2.75, 3.05) is 19.6 Å². The monoisotopic (exact) mass is 325 g/mol. The van der Waals surface area contributed by atoms with Crippen molar-refractivity contribution >= 4 is 29.1 Å². The van der Waals surface area contributed by atoms with Gasteiger partial charge in [0.25, 0.3) is 5.91 Å². The van der Waals surface area contributed by atoms with Gasteiger partial charge in [0.05, 0.1) is 5.51 Å². The van der Waals surface area contributed by atoms with Gasteiger partial charge in [-0.1, -0.05) is 0 Å². The van der Waals surface area contributed by atoms with Crippen LogP contribution in [-0.2, 0) is 9.59 Å². The predicted octanol–water partition coefficient (Wildman–Crippen LogP) is 1.07. The van der Waals surface area contributed by atoms with Gasteiger partial charge >= 0.3 is 5.97 Å². The number of thiazole rings is 1. The molecule has 2 heterocycles. The molecule has 0 saturated carbocycles. The molecule has 1 fully saturated rings. The molecule has 1 N–H and O–H groups in total. The summed E-state index contributed by atoms with van der Waals surface area (Å²) < 4.78 is 0. The number of rotatable bonds is 4. The Morgan fingerprint density at radius 2 is 2.18 bits per heavy atom. The molecule has 1 aromatic heterocycles. The van der Waals surface area contributed by atoms with Crippen LogP contribution < -0.4 is 0 Å². The minimum Gasteiger partial charge on any atom is -0.480 e. The molecule has 1 atom stereocenters. The first kappa shape index (κ1) is 16.4. The molecule has 2 amide bonds. The van der Waals surface area contributed by atoms with Gasteiger partial charge in [0.2, 0.25) is 5.91 Å². The van der Waals surface area contributed by atoms with Crippen LogP contribution in [0, 0.1) is 0 Å². The topological polar surface area (TPSA) is 90.8 Å². The van der Waals surface area contributed by atoms with E-state index < -0.39 is 5.97 Å². The summed E-state index contributed by atoms with van der Waals surface area (Å²) in [5.74, 6) is -1.36. The van der Waals surface area contributed by atoms with Gasteiger partial charge in [-0.2, -0.15) is 0 Å². The maximum atomic E-state index is 12.3. The van der Waals surface area contributed by atoms with Crippen LogP contribution in [0.2, 0.25) is 0 Å². The van der Waals surface area contributed by atoms with Crippen LogP contribution in [-0.4, -0.2) is 63.4 Å². The summed E-state index contributed by atoms with van der Waals surface area (Å²) in [5, 5.41) is 10.7. The van der Waals surface area contributed by atoms with Crippen LogP contribution in [0.15, 0.2) is 10.9 Å². The minimum absolute atomic E-state index is 0.102. The van der Waals surface area contributed by atoms with Crippen molar-refractivity contribution < 1.29 is 19.5 Å². The number of carbonyl (C=O) groups excluding carboxylic acids is 2. The molecule has 120 valence electrons. The standard InChI is InChI=1S/C14H19N3O4S/c1-10(18)17(7-13(19)20)11-3-2-5-16(6-4-11)14(21)12-8-22-9-15-12/h8-9,11H,2-7H2,1H3,(H,19,20). The van der Waals surface area contributed by atoms with Crippen molar-refractivity contribution in [2.45, 2.75) is 32.2 Å². The van der Waals surface area contributed by atoms with Gasteiger partial charge in [-0.3, -0.25) is 14.4 Å². The number of aromatic nitrogens is 1. The summed E-state index contributed by atoms with van der Waals surface area (Å²) >= 11 is 1.38. The number of likely N-dealkylation sites (tertiary alicyclic amines) is 1. The van der Waals surface area contributed by atoms with Gasteiger partial charge < -0.3 is 14.9 Å². The minimum atomic E-state index is -1.02. The lowest BCUT2D eigenvalue weighted by atomic mass is 10.1. The molecule has 1 unspecified atom stereocenters. The van der Waals surface area contributed by atoms with E-state index >= 15 is 0 Å². The molecule has 8 heteroatoms. The van der Waals surface area contributed by atoms with E-state index in [9.17, 15) is 14.4 Å². The van der Waals surface area contributed by atoms with Crippen molar-refractivity contribution in [3.8, 4) is 0 Å². The van der Waals surface area contributed by atoms with Crippen LogP contribution >= 0.6 is 11.3 Å². The molecule has 1 saturated heterocycles. The van der Waals surface area contributed by atoms with Gasteiger partial charge in [0.1, 0.15) is 12.2 Å². The molecule has 2 rings (SSSR count). The Morgan fingerprint density at radius 3 is 2.77 bits per heavy atom. The summed E-state index contributed by atoms with van der Waals surface area (Å²) in [6.45, 7) is 2.20. The lowest BCUT2D eigenvalue weighted by Crippen LogP contribution is -2.43. The number of carboxylic acid groups (broad SMARTS) is 1. The lowest BCUT2D eigenvalue weighted by Gasteiger charge is -2.28. The largest absolute Gasteiger partial charge is 0.480 e. The fourth-order valence-electron chi connectivity index (χ4n) is 2.72. The summed E-state index contributed by atoms with van der Waals surface area (Å²) in [6.07, 6.45) is 2.03. The second kappa shape index (κ2) is 7.35. The van der Waals surface area contributed by atoms with E-state index in [1.165, 1.54) is 23.2 Å². The van der Waals surface area contributed by atoms with E-state index in [-0.39, 0.29) is 24.4 Å². The Morgan fingerprint density at radius 1 is 1.41 bits per heavy atom. The van der Waals surface area contributed by atoms with E-state index in [2.05, 4.69) is 4.98 Å². The zero-order valence-electron chi connectivity index (χ0n) is 12.4. The second-order valence-corrected chi connectivity index (χ2v) is 6.01. The molecule has 22 heavy (non-hydrogen) atoms. The third kappa shape index (κ3) is 4.03. The summed E-state index contributed by atoms with van der Waals surface area (Å²) in [6, 6.07) is -0.137. The van der Waals surface area contributed by atoms with Gasteiger partial charge in [-0.05, 0) is 19.3 Å². The predicted molar refractivity (Wildman–Crippen MR) is 80.7 cm³/mol. The van der Waals surface area contributed by atoms with Crippen molar-refractivity contribution in [3.05, 3.63) is 16.6 Å². The number of hydrogen-bond donors (Lipinski definition) is 1. The van der Waals surface area contributed by atoms with E-state index in [0.717, 1.165) is 6.42 Å². The van der Waals surface area contributed by atoms with Crippen LogP contribution in [0.1, 0.15) is 36.7 Å². The van der Waals surface area contributed by atoms with Crippen molar-refractivity contribution in [2.24, 2.45) is 0 Å². The Kier molecular flexibility index (Phi) is 5.48. The molecule has 0 aliphatic carbocycles. The SMILES string of the molecule is CC(=O)N(CC(=O)O)C1CCCN(C(=O)c2cscn2)CC1. The Balaban J connectivity index is 2.01. The molecular weight excluding hydrogens is 306 g/mol. The van der Waals surface area contributed by atoms with Gasteiger partial charge in [0.15, 0.2) is 0 Å². The lowest BCUT2D eigenvalue weighted by molar-refractivity contribution is -0.145. The molecule has 7 nitrogen and oxygen atoms in total. The summed E-state index contributed by atoms with van der Waals surface area (Å²) in [7, 11) is 0. The number of nitrogens with zero attached hydrogens (tertiary/aromatic N) is 3. The highest BCUT2D eigenvalue weighted by atomic mass is 32.1. The molecule has 1 aromatic rings. The highest BCUT2D eigenvalue weighted by Crippen LogP contribution is 2.19. The molecule has 1 aliphatic rings. The van der Waals surface area contributed by atoms with Crippen LogP contribution in [0.5, 0.6) is 0 Å². The van der Waals surface area contributed by atoms with Crippen LogP contribution in [0.3, 0.4) is 0 Å². The van der Waals surface area contributed by atoms with E-state index in [1.807, 2.05) is 0 Å². The van der Waals surface area contributed by atoms with E-state index in [1.54, 1.807) is 15.8 Å². The average Bonchev–Trinajstić information content (AvgIpc) is 2.89. The van der Waals surface area contributed by atoms with Gasteiger partial charge in [-0.25, -0.2) is 4.98 Å². The summed E-state index contributed by atoms with van der Waals surface area (Å²) in [5.41, 5.74) is 2.07. The van der Waals surface area contributed by atoms with Crippen LogP contribution in [0.4, 0.5) is 0 Å². The average molecular weight is 325 g/mol. The molecule has 0 radical (unpaired) electrons. The normalized spacial score (nSPS) is 18.6. The maximum absolute atomic E-state index is 12.3. The number of amides is 2. The number of carboxylic acids is 1. The Bertz CT molecular complexity index is 546. The molecular formula is C14H19N3O4S. The Hall–Kier alpha value is -1.96. The van der Waals surface area contributed by atoms with Gasteiger partial charge in [0, 0.05) is 31.4 Å². The molecule has 1 aliphatic heterocycles. The number of hydrogen-bond acceptors (Lipinski definition) is 5. The quantitative estimate of drug-likeness (QED) is 0.894. The fraction of sp³-hybridized carbons (Fsp3) is 0.571. The fourth-order valence-corrected chi connectivity index (χ4v) is 3.24. The first-order chi connectivity index (χ1) is 10.5. The van der Waals surface area contributed by atoms with Crippen molar-refractivity contribution in [1.29, 1.82) is 0 Å². The first-order valence-electron chi connectivity index (χ1n) is 7.15. The molecule has 0 spiro atoms.